The quantitative estimate of drug-likeness (QED) is 0.710. The Balaban J connectivity index is 2.35. The number of rotatable bonds is 7. The Kier molecular flexibility index (Phi) is 5.88. The lowest BCUT2D eigenvalue weighted by molar-refractivity contribution is 0.623. The fourth-order valence-electron chi connectivity index (χ4n) is 2.55. The Morgan fingerprint density at radius 3 is 2.57 bits per heavy atom. The van der Waals surface area contributed by atoms with Crippen molar-refractivity contribution in [3.05, 3.63) is 65.2 Å². The van der Waals surface area contributed by atoms with Crippen molar-refractivity contribution in [2.75, 3.05) is 11.9 Å². The van der Waals surface area contributed by atoms with E-state index in [1.807, 2.05) is 6.92 Å². The van der Waals surface area contributed by atoms with Gasteiger partial charge in [0.05, 0.1) is 5.69 Å². The van der Waals surface area contributed by atoms with E-state index in [2.05, 4.69) is 11.9 Å². The van der Waals surface area contributed by atoms with E-state index in [1.165, 1.54) is 18.2 Å². The van der Waals surface area contributed by atoms with E-state index in [4.69, 9.17) is 5.73 Å². The third kappa shape index (κ3) is 4.39. The van der Waals surface area contributed by atoms with Gasteiger partial charge in [0.15, 0.2) is 0 Å². The van der Waals surface area contributed by atoms with Gasteiger partial charge in [-0.3, -0.25) is 0 Å². The number of unbranched alkanes of at least 4 members (excludes halogenated alkanes) is 1. The maximum absolute atomic E-state index is 14.0. The SMILES string of the molecule is C=Cc1c(CCCCN)cc(F)cc1Nc1ccc(C)cc1F. The first kappa shape index (κ1) is 17.2. The van der Waals surface area contributed by atoms with Crippen molar-refractivity contribution >= 4 is 17.5 Å². The molecule has 2 rings (SSSR count). The zero-order valence-corrected chi connectivity index (χ0v) is 13.3. The predicted octanol–water partition coefficient (Wildman–Crippen LogP) is 4.94. The molecular weight excluding hydrogens is 294 g/mol. The zero-order valence-electron chi connectivity index (χ0n) is 13.3. The Bertz CT molecular complexity index is 696. The third-order valence-electron chi connectivity index (χ3n) is 3.73. The average Bonchev–Trinajstić information content (AvgIpc) is 2.50. The van der Waals surface area contributed by atoms with Gasteiger partial charge in [-0.15, -0.1) is 0 Å². The molecule has 0 aliphatic rings. The molecule has 0 unspecified atom stereocenters. The molecule has 0 radical (unpaired) electrons. The van der Waals surface area contributed by atoms with Gasteiger partial charge in [-0.2, -0.15) is 0 Å². The summed E-state index contributed by atoms with van der Waals surface area (Å²) in [5, 5.41) is 2.98. The Morgan fingerprint density at radius 1 is 1.13 bits per heavy atom. The first-order valence-electron chi connectivity index (χ1n) is 7.73. The normalized spacial score (nSPS) is 10.6. The fraction of sp³-hybridized carbons (Fsp3) is 0.263. The molecule has 0 bridgehead atoms. The highest BCUT2D eigenvalue weighted by atomic mass is 19.1. The van der Waals surface area contributed by atoms with Crippen molar-refractivity contribution in [2.24, 2.45) is 5.73 Å². The van der Waals surface area contributed by atoms with Crippen LogP contribution in [-0.4, -0.2) is 6.54 Å². The number of anilines is 2. The second-order valence-electron chi connectivity index (χ2n) is 5.58. The van der Waals surface area contributed by atoms with E-state index in [1.54, 1.807) is 18.2 Å². The number of hydrogen-bond acceptors (Lipinski definition) is 2. The molecule has 3 N–H and O–H groups in total. The number of nitrogens with one attached hydrogen (secondary N) is 1. The molecule has 2 aromatic rings. The second-order valence-corrected chi connectivity index (χ2v) is 5.58. The molecule has 2 nitrogen and oxygen atoms in total. The van der Waals surface area contributed by atoms with Crippen molar-refractivity contribution in [1.82, 2.24) is 0 Å². The molecule has 4 heteroatoms. The van der Waals surface area contributed by atoms with Gasteiger partial charge in [-0.1, -0.05) is 18.7 Å². The second kappa shape index (κ2) is 7.88. The minimum Gasteiger partial charge on any atom is -0.353 e. The smallest absolute Gasteiger partial charge is 0.146 e. The van der Waals surface area contributed by atoms with Gasteiger partial charge in [-0.05, 0) is 68.1 Å². The van der Waals surface area contributed by atoms with E-state index in [-0.39, 0.29) is 11.6 Å². The van der Waals surface area contributed by atoms with Gasteiger partial charge in [0.1, 0.15) is 11.6 Å². The highest BCUT2D eigenvalue weighted by molar-refractivity contribution is 5.74. The van der Waals surface area contributed by atoms with Crippen LogP contribution in [0.5, 0.6) is 0 Å². The standard InChI is InChI=1S/C19H22F2N2/c1-3-16-14(6-4-5-9-22)11-15(20)12-19(16)23-18-8-7-13(2)10-17(18)21/h3,7-8,10-12,23H,1,4-6,9,22H2,2H3. The van der Waals surface area contributed by atoms with Gasteiger partial charge in [0.2, 0.25) is 0 Å². The third-order valence-corrected chi connectivity index (χ3v) is 3.73. The molecule has 0 aliphatic heterocycles. The number of benzene rings is 2. The molecule has 0 atom stereocenters. The van der Waals surface area contributed by atoms with Gasteiger partial charge >= 0.3 is 0 Å². The highest BCUT2D eigenvalue weighted by Crippen LogP contribution is 2.29. The van der Waals surface area contributed by atoms with Crippen molar-refractivity contribution in [3.8, 4) is 0 Å². The van der Waals surface area contributed by atoms with Crippen molar-refractivity contribution in [3.63, 3.8) is 0 Å². The van der Waals surface area contributed by atoms with Crippen LogP contribution >= 0.6 is 0 Å². The van der Waals surface area contributed by atoms with E-state index in [9.17, 15) is 8.78 Å². The molecule has 23 heavy (non-hydrogen) atoms. The summed E-state index contributed by atoms with van der Waals surface area (Å²) in [7, 11) is 0. The van der Waals surface area contributed by atoms with Gasteiger partial charge in [-0.25, -0.2) is 8.78 Å². The molecule has 0 heterocycles. The molecule has 0 saturated carbocycles. The summed E-state index contributed by atoms with van der Waals surface area (Å²) in [5.41, 5.74) is 8.82. The lowest BCUT2D eigenvalue weighted by Crippen LogP contribution is -2.03. The van der Waals surface area contributed by atoms with Crippen LogP contribution in [0.15, 0.2) is 36.9 Å². The number of nitrogens with two attached hydrogens (primary N) is 1. The van der Waals surface area contributed by atoms with Crippen LogP contribution in [0.25, 0.3) is 6.08 Å². The predicted molar refractivity (Wildman–Crippen MR) is 92.9 cm³/mol. The molecule has 122 valence electrons. The fourth-order valence-corrected chi connectivity index (χ4v) is 2.55. The van der Waals surface area contributed by atoms with Crippen LogP contribution in [0.2, 0.25) is 0 Å². The molecular formula is C19H22F2N2. The van der Waals surface area contributed by atoms with Crippen LogP contribution in [0.1, 0.15) is 29.5 Å². The maximum Gasteiger partial charge on any atom is 0.146 e. The highest BCUT2D eigenvalue weighted by Gasteiger charge is 2.11. The van der Waals surface area contributed by atoms with Crippen molar-refractivity contribution in [2.45, 2.75) is 26.2 Å². The summed E-state index contributed by atoms with van der Waals surface area (Å²) >= 11 is 0. The Hall–Kier alpha value is -2.20. The van der Waals surface area contributed by atoms with Crippen LogP contribution in [-0.2, 0) is 6.42 Å². The Labute approximate surface area is 136 Å². The Morgan fingerprint density at radius 2 is 1.91 bits per heavy atom. The topological polar surface area (TPSA) is 38.0 Å². The number of halogens is 2. The lowest BCUT2D eigenvalue weighted by Gasteiger charge is -2.15. The largest absolute Gasteiger partial charge is 0.353 e. The van der Waals surface area contributed by atoms with Crippen molar-refractivity contribution < 1.29 is 8.78 Å². The molecule has 0 aromatic heterocycles. The molecule has 0 fully saturated rings. The van der Waals surface area contributed by atoms with Gasteiger partial charge in [0, 0.05) is 11.3 Å². The van der Waals surface area contributed by atoms with Crippen LogP contribution < -0.4 is 11.1 Å². The molecule has 0 aliphatic carbocycles. The molecule has 2 aromatic carbocycles. The monoisotopic (exact) mass is 316 g/mol. The van der Waals surface area contributed by atoms with Crippen molar-refractivity contribution in [1.29, 1.82) is 0 Å². The van der Waals surface area contributed by atoms with E-state index < -0.39 is 0 Å². The molecule has 0 saturated heterocycles. The maximum atomic E-state index is 14.0. The van der Waals surface area contributed by atoms with Crippen LogP contribution in [0.3, 0.4) is 0 Å². The molecule has 0 spiro atoms. The zero-order chi connectivity index (χ0) is 16.8. The van der Waals surface area contributed by atoms with Gasteiger partial charge in [0.25, 0.3) is 0 Å². The summed E-state index contributed by atoms with van der Waals surface area (Å²) in [6.45, 7) is 6.24. The summed E-state index contributed by atoms with van der Waals surface area (Å²) in [6, 6.07) is 7.77. The summed E-state index contributed by atoms with van der Waals surface area (Å²) < 4.78 is 28.0. The first-order valence-corrected chi connectivity index (χ1v) is 7.73. The first-order chi connectivity index (χ1) is 11.0. The van der Waals surface area contributed by atoms with E-state index in [0.717, 1.165) is 29.5 Å². The number of hydrogen-bond donors (Lipinski definition) is 2. The lowest BCUT2D eigenvalue weighted by atomic mass is 9.99. The minimum atomic E-state index is -0.367. The number of aryl methyl sites for hydroxylation is 2. The summed E-state index contributed by atoms with van der Waals surface area (Å²) in [5.74, 6) is -0.720. The van der Waals surface area contributed by atoms with Crippen LogP contribution in [0, 0.1) is 18.6 Å². The minimum absolute atomic E-state index is 0.317. The summed E-state index contributed by atoms with van der Waals surface area (Å²) in [6.07, 6.45) is 4.13. The van der Waals surface area contributed by atoms with E-state index >= 15 is 0 Å². The average molecular weight is 316 g/mol. The van der Waals surface area contributed by atoms with Crippen LogP contribution in [0.4, 0.5) is 20.2 Å². The molecule has 0 amide bonds. The summed E-state index contributed by atoms with van der Waals surface area (Å²) in [4.78, 5) is 0. The van der Waals surface area contributed by atoms with Gasteiger partial charge < -0.3 is 11.1 Å². The van der Waals surface area contributed by atoms with E-state index in [0.29, 0.717) is 24.3 Å².